The van der Waals surface area contributed by atoms with Crippen molar-refractivity contribution in [2.24, 2.45) is 17.8 Å². The molecule has 0 radical (unpaired) electrons. The van der Waals surface area contributed by atoms with Gasteiger partial charge in [-0.1, -0.05) is 63.3 Å². The lowest BCUT2D eigenvalue weighted by atomic mass is 9.85. The molecule has 0 aliphatic carbocycles. The van der Waals surface area contributed by atoms with Crippen LogP contribution in [-0.2, 0) is 39.9 Å². The van der Waals surface area contributed by atoms with Gasteiger partial charge in [0.15, 0.2) is 0 Å². The number of carbonyl (C=O) groups is 6. The van der Waals surface area contributed by atoms with E-state index in [0.717, 1.165) is 12.1 Å². The van der Waals surface area contributed by atoms with E-state index in [1.165, 1.54) is 30.2 Å². The molecule has 4 amide bonds. The molecule has 0 saturated carbocycles. The number of anilines is 1. The minimum atomic E-state index is -1.36. The SMILES string of the molecule is CC(=O)CCC1C(=O)NC(C(C)C)C(=O)NC(Cc2cc(O)cc(F)c2)C(=O)N2CCCC(N2)C(=O)O[C@H](/C(C)=C/C=C/C(=O)Nc2ccccn2)C/C=C/C=C/CC(C)C1O. The zero-order valence-corrected chi connectivity index (χ0v) is 35.9. The summed E-state index contributed by atoms with van der Waals surface area (Å²) in [5, 5.41) is 31.0. The summed E-state index contributed by atoms with van der Waals surface area (Å²) in [4.78, 5) is 84.7. The molecule has 4 rings (SSSR count). The summed E-state index contributed by atoms with van der Waals surface area (Å²) in [6.07, 6.45) is 12.3. The minimum Gasteiger partial charge on any atom is -0.508 e. The summed E-state index contributed by atoms with van der Waals surface area (Å²) < 4.78 is 20.5. The van der Waals surface area contributed by atoms with Crippen LogP contribution in [0.4, 0.5) is 10.2 Å². The number of ether oxygens (including phenoxy) is 1. The normalized spacial score (nSPS) is 26.1. The van der Waals surface area contributed by atoms with E-state index in [4.69, 9.17) is 4.74 Å². The number of rotatable bonds is 10. The van der Waals surface area contributed by atoms with Crippen LogP contribution < -0.4 is 21.4 Å². The first-order valence-corrected chi connectivity index (χ1v) is 21.0. The Balaban J connectivity index is 1.69. The van der Waals surface area contributed by atoms with Crippen molar-refractivity contribution >= 4 is 41.2 Å². The van der Waals surface area contributed by atoms with Crippen molar-refractivity contribution in [2.45, 2.75) is 110 Å². The number of nitrogens with zero attached hydrogens (tertiary/aromatic N) is 2. The van der Waals surface area contributed by atoms with Crippen molar-refractivity contribution in [3.63, 3.8) is 0 Å². The van der Waals surface area contributed by atoms with Crippen LogP contribution in [0.2, 0.25) is 0 Å². The molecule has 16 heteroatoms. The molecule has 0 spiro atoms. The number of ketones is 1. The molecule has 1 aromatic carbocycles. The standard InChI is InChI=1S/C46H59FN6O9/c1-28(2)41-44(59)49-37(26-32-24-33(47)27-34(55)25-32)45(60)53-23-13-16-36(52-53)46(61)62-38(29(3)15-12-19-40(56)50-39-18-10-11-22-48-39)17-9-7-6-8-14-30(4)42(57)35(43(58)51-41)21-20-31(5)54/h6-12,15,18-19,22,24-25,27-28,30,35-38,41-42,52,55,57H,13-14,16-17,20-21,23,26H2,1-5H3,(H,49,59)(H,51,58)(H,48,50,56)/b8-6+,9-7+,19-12+,29-15+/t30?,35?,36?,37?,38-,41?,42?/m0/s1. The van der Waals surface area contributed by atoms with Crippen LogP contribution in [0.1, 0.15) is 78.7 Å². The number of hydrogen-bond acceptors (Lipinski definition) is 11. The van der Waals surface area contributed by atoms with E-state index in [-0.39, 0.29) is 49.3 Å². The summed E-state index contributed by atoms with van der Waals surface area (Å²) in [6.45, 7) is 8.45. The average molecular weight is 859 g/mol. The summed E-state index contributed by atoms with van der Waals surface area (Å²) in [5.41, 5.74) is 3.75. The van der Waals surface area contributed by atoms with E-state index in [9.17, 15) is 43.4 Å². The number of Topliss-reactive ketones (excluding diaryl/α,β-unsaturated/α-hetero) is 1. The molecule has 2 aromatic rings. The largest absolute Gasteiger partial charge is 0.508 e. The van der Waals surface area contributed by atoms with Crippen molar-refractivity contribution < 1.29 is 48.1 Å². The number of amides is 4. The quantitative estimate of drug-likeness (QED) is 0.111. The molecule has 2 aliphatic heterocycles. The van der Waals surface area contributed by atoms with Gasteiger partial charge in [-0.15, -0.1) is 0 Å². The molecule has 62 heavy (non-hydrogen) atoms. The topological polar surface area (TPSA) is 216 Å². The van der Waals surface area contributed by atoms with E-state index in [2.05, 4.69) is 26.4 Å². The number of pyridine rings is 1. The predicted molar refractivity (Wildman–Crippen MR) is 230 cm³/mol. The third kappa shape index (κ3) is 15.2. The number of phenols is 1. The Hall–Kier alpha value is -6.00. The van der Waals surface area contributed by atoms with Crippen LogP contribution in [0.5, 0.6) is 5.75 Å². The highest BCUT2D eigenvalue weighted by Crippen LogP contribution is 2.24. The minimum absolute atomic E-state index is 0.0215. The lowest BCUT2D eigenvalue weighted by molar-refractivity contribution is -0.156. The number of aromatic hydroxyl groups is 1. The monoisotopic (exact) mass is 858 g/mol. The van der Waals surface area contributed by atoms with Gasteiger partial charge in [0.25, 0.3) is 5.91 Å². The average Bonchev–Trinajstić information content (AvgIpc) is 3.22. The zero-order chi connectivity index (χ0) is 45.3. The third-order valence-electron chi connectivity index (χ3n) is 10.7. The second kappa shape index (κ2) is 23.9. The molecule has 2 aliphatic rings. The second-order valence-electron chi connectivity index (χ2n) is 16.2. The van der Waals surface area contributed by atoms with Gasteiger partial charge >= 0.3 is 5.97 Å². The number of aliphatic hydroxyl groups excluding tert-OH is 1. The number of hydrogen-bond donors (Lipinski definition) is 6. The highest BCUT2D eigenvalue weighted by Gasteiger charge is 2.38. The molecular weight excluding hydrogens is 800 g/mol. The van der Waals surface area contributed by atoms with Gasteiger partial charge in [0.2, 0.25) is 17.7 Å². The van der Waals surface area contributed by atoms with Crippen LogP contribution in [0.15, 0.2) is 90.7 Å². The van der Waals surface area contributed by atoms with E-state index in [0.29, 0.717) is 30.7 Å². The number of carbonyl (C=O) groups excluding carboxylic acids is 6. The number of esters is 1. The summed E-state index contributed by atoms with van der Waals surface area (Å²) in [7, 11) is 0. The van der Waals surface area contributed by atoms with Crippen molar-refractivity contribution in [1.29, 1.82) is 0 Å². The Labute approximate surface area is 361 Å². The Bertz CT molecular complexity index is 2000. The van der Waals surface area contributed by atoms with Crippen LogP contribution in [0.25, 0.3) is 0 Å². The molecule has 1 saturated heterocycles. The molecule has 1 aromatic heterocycles. The Kier molecular flexibility index (Phi) is 18.7. The van der Waals surface area contributed by atoms with Gasteiger partial charge in [0, 0.05) is 44.1 Å². The molecule has 3 heterocycles. The number of halogens is 1. The van der Waals surface area contributed by atoms with Gasteiger partial charge in [0.05, 0.1) is 12.0 Å². The molecule has 6 unspecified atom stereocenters. The van der Waals surface area contributed by atoms with Gasteiger partial charge in [-0.25, -0.2) is 14.8 Å². The number of phenolic OH excluding ortho intramolecular Hbond substituents is 1. The first kappa shape index (κ1) is 48.7. The fourth-order valence-corrected chi connectivity index (χ4v) is 7.10. The maximum Gasteiger partial charge on any atom is 0.325 e. The molecule has 6 N–H and O–H groups in total. The summed E-state index contributed by atoms with van der Waals surface area (Å²) >= 11 is 0. The molecule has 1 fully saturated rings. The van der Waals surface area contributed by atoms with E-state index in [1.54, 1.807) is 76.4 Å². The zero-order valence-electron chi connectivity index (χ0n) is 35.9. The van der Waals surface area contributed by atoms with E-state index in [1.807, 2.05) is 6.08 Å². The molecule has 334 valence electrons. The third-order valence-corrected chi connectivity index (χ3v) is 10.7. The van der Waals surface area contributed by atoms with Crippen molar-refractivity contribution in [1.82, 2.24) is 26.1 Å². The first-order valence-electron chi connectivity index (χ1n) is 21.0. The maximum absolute atomic E-state index is 14.4. The highest BCUT2D eigenvalue weighted by molar-refractivity contribution is 5.98. The Morgan fingerprint density at radius 3 is 2.47 bits per heavy atom. The van der Waals surface area contributed by atoms with Gasteiger partial charge in [-0.05, 0) is 86.8 Å². The lowest BCUT2D eigenvalue weighted by Gasteiger charge is -2.36. The number of cyclic esters (lactones) is 1. The van der Waals surface area contributed by atoms with E-state index >= 15 is 0 Å². The van der Waals surface area contributed by atoms with Crippen LogP contribution in [0, 0.1) is 23.6 Å². The van der Waals surface area contributed by atoms with Crippen molar-refractivity contribution in [3.05, 3.63) is 102 Å². The Morgan fingerprint density at radius 1 is 1.05 bits per heavy atom. The molecule has 15 nitrogen and oxygen atoms in total. The first-order chi connectivity index (χ1) is 29.5. The van der Waals surface area contributed by atoms with E-state index < -0.39 is 83.5 Å². The highest BCUT2D eigenvalue weighted by atomic mass is 19.1. The van der Waals surface area contributed by atoms with Gasteiger partial charge in [-0.2, -0.15) is 0 Å². The van der Waals surface area contributed by atoms with Crippen LogP contribution in [0.3, 0.4) is 0 Å². The number of allylic oxidation sites excluding steroid dienone is 5. The fraction of sp³-hybridized carbons (Fsp3) is 0.457. The van der Waals surface area contributed by atoms with Crippen LogP contribution in [-0.4, -0.2) is 92.5 Å². The van der Waals surface area contributed by atoms with Gasteiger partial charge < -0.3 is 35.7 Å². The molecule has 7 atom stereocenters. The van der Waals surface area contributed by atoms with Crippen LogP contribution >= 0.6 is 0 Å². The maximum atomic E-state index is 14.4. The number of fused-ring (bicyclic) bond motifs is 2. The fourth-order valence-electron chi connectivity index (χ4n) is 7.10. The van der Waals surface area contributed by atoms with Gasteiger partial charge in [-0.3, -0.25) is 29.0 Å². The second-order valence-corrected chi connectivity index (χ2v) is 16.2. The van der Waals surface area contributed by atoms with Crippen molar-refractivity contribution in [2.75, 3.05) is 11.9 Å². The van der Waals surface area contributed by atoms with Gasteiger partial charge in [0.1, 0.15) is 47.4 Å². The lowest BCUT2D eigenvalue weighted by Crippen LogP contribution is -2.62. The molecule has 2 bridgehead atoms. The Morgan fingerprint density at radius 2 is 1.79 bits per heavy atom. The van der Waals surface area contributed by atoms with Crippen molar-refractivity contribution in [3.8, 4) is 5.75 Å². The molecular formula is C46H59FN6O9. The number of aliphatic hydroxyl groups is 1. The number of hydrazine groups is 1. The predicted octanol–water partition coefficient (Wildman–Crippen LogP) is 4.53. The number of nitrogens with one attached hydrogen (secondary N) is 4. The number of benzene rings is 1. The number of aromatic nitrogens is 1. The summed E-state index contributed by atoms with van der Waals surface area (Å²) in [6, 6.07) is 4.88. The summed E-state index contributed by atoms with van der Waals surface area (Å²) in [5.74, 6) is -6.06. The smallest absolute Gasteiger partial charge is 0.325 e.